The molecule has 11 nitrogen and oxygen atoms in total. The number of hydrogen-bond acceptors (Lipinski definition) is 7. The fraction of sp³-hybridized carbons (Fsp3) is 0.231. The van der Waals surface area contributed by atoms with E-state index < -0.39 is 0 Å². The predicted octanol–water partition coefficient (Wildman–Crippen LogP) is 20.1. The monoisotopic (exact) mass is 1170 g/mol. The van der Waals surface area contributed by atoms with Crippen LogP contribution < -0.4 is 14.9 Å². The molecule has 2 heterocycles. The van der Waals surface area contributed by atoms with Crippen LogP contribution in [0.1, 0.15) is 92.7 Å². The zero-order chi connectivity index (χ0) is 61.9. The quantitative estimate of drug-likeness (QED) is 0.0675. The molecule has 0 aliphatic carbocycles. The van der Waals surface area contributed by atoms with E-state index in [0.717, 1.165) is 103 Å². The van der Waals surface area contributed by atoms with E-state index in [1.807, 2.05) is 33.9 Å². The zero-order valence-corrected chi connectivity index (χ0v) is 52.7. The van der Waals surface area contributed by atoms with Crippen molar-refractivity contribution >= 4 is 67.6 Å². The van der Waals surface area contributed by atoms with E-state index in [0.29, 0.717) is 41.9 Å². The standard InChI is InChI=1S/C78H78N11/c1-76(2,3)53-80-81-73-69(57-39-47-65(48-40-57)89(62-29-19-12-20-30-62)63-31-21-13-22-32-63)75-74(68(70(73)79)56-37-45-64(46-38-56)88(60-25-15-10-16-26-60)61-27-17-11-18-28-61)84-87(85-75)52-24-14-23-51-86-82-71-66(54-33-41-58(42-34-54)77(4,5)6)49-50-67(72(71)83-86)55-35-43-59(44-36-55)78(7,8)9/h10-13,15-22,25-50,79H,14,23-24,51-53H2,1-9H3/q-1/p+1. The van der Waals surface area contributed by atoms with Crippen molar-refractivity contribution in [3.63, 3.8) is 0 Å². The lowest BCUT2D eigenvalue weighted by atomic mass is 9.85. The molecule has 11 heteroatoms. The Kier molecular flexibility index (Phi) is 16.7. The fourth-order valence-corrected chi connectivity index (χ4v) is 11.6. The number of aryl methyl sites for hydroxylation is 2. The topological polar surface area (TPSA) is 118 Å². The first-order chi connectivity index (χ1) is 42.9. The van der Waals surface area contributed by atoms with E-state index >= 15 is 0 Å². The zero-order valence-electron chi connectivity index (χ0n) is 52.7. The number of benzene rings is 10. The molecule has 0 saturated heterocycles. The summed E-state index contributed by atoms with van der Waals surface area (Å²) in [6, 6.07) is 81.0. The average Bonchev–Trinajstić information content (AvgIpc) is 1.82. The predicted molar refractivity (Wildman–Crippen MR) is 369 cm³/mol. The minimum Gasteiger partial charge on any atom is -0.696 e. The molecule has 0 radical (unpaired) electrons. The van der Waals surface area contributed by atoms with Crippen molar-refractivity contribution in [3.05, 3.63) is 247 Å². The van der Waals surface area contributed by atoms with Crippen molar-refractivity contribution in [3.8, 4) is 44.5 Å². The second-order valence-electron chi connectivity index (χ2n) is 26.4. The van der Waals surface area contributed by atoms with Crippen LogP contribution in [0.2, 0.25) is 0 Å². The summed E-state index contributed by atoms with van der Waals surface area (Å²) >= 11 is 0. The van der Waals surface area contributed by atoms with Crippen molar-refractivity contribution < 1.29 is 5.11 Å². The van der Waals surface area contributed by atoms with Gasteiger partial charge in [-0.1, -0.05) is 226 Å². The van der Waals surface area contributed by atoms with Crippen molar-refractivity contribution in [2.75, 3.05) is 16.3 Å². The molecule has 89 heavy (non-hydrogen) atoms. The van der Waals surface area contributed by atoms with Crippen LogP contribution in [0.5, 0.6) is 0 Å². The molecule has 2 aromatic heterocycles. The normalized spacial score (nSPS) is 12.1. The first kappa shape index (κ1) is 59.3. The maximum Gasteiger partial charge on any atom is 0.170 e. The highest BCUT2D eigenvalue weighted by molar-refractivity contribution is 6.13. The number of aromatic nitrogens is 6. The molecule has 0 saturated carbocycles. The van der Waals surface area contributed by atoms with Crippen LogP contribution in [0.3, 0.4) is 0 Å². The van der Waals surface area contributed by atoms with Crippen LogP contribution in [0.25, 0.3) is 72.3 Å². The SMILES string of the molecule is CC(C)(C)C[NH+]=Nc1c([NH-])c(-c2ccc(N(c3ccccc3)c3ccccc3)cc2)c2nn(CCCCCn3nc4c(-c5ccc(C(C)(C)C)cc5)ccc(-c5ccc(C(C)(C)C)cc5)c4n3)nc2c1-c1ccc(N(c2ccccc2)c2ccccc2)cc1. The number of anilines is 6. The van der Waals surface area contributed by atoms with Gasteiger partial charge in [0.2, 0.25) is 0 Å². The Morgan fingerprint density at radius 2 is 0.697 bits per heavy atom. The number of nitrogens with one attached hydrogen (secondary N) is 2. The van der Waals surface area contributed by atoms with Gasteiger partial charge in [-0.2, -0.15) is 30.0 Å². The van der Waals surface area contributed by atoms with Gasteiger partial charge < -0.3 is 15.5 Å². The largest absolute Gasteiger partial charge is 0.696 e. The molecular formula is C78H79N11. The van der Waals surface area contributed by atoms with E-state index in [4.69, 9.17) is 25.5 Å². The van der Waals surface area contributed by atoms with E-state index in [-0.39, 0.29) is 21.9 Å². The van der Waals surface area contributed by atoms with Gasteiger partial charge in [-0.15, -0.1) is 5.11 Å². The van der Waals surface area contributed by atoms with Crippen LogP contribution in [0, 0.1) is 5.41 Å². The molecule has 2 N–H and O–H groups in total. The molecule has 0 spiro atoms. The molecule has 0 amide bonds. The Balaban J connectivity index is 0.902. The van der Waals surface area contributed by atoms with Gasteiger partial charge >= 0.3 is 0 Å². The average molecular weight is 1170 g/mol. The molecule has 10 aromatic carbocycles. The summed E-state index contributed by atoms with van der Waals surface area (Å²) in [4.78, 5) is 8.23. The molecular weight excluding hydrogens is 1090 g/mol. The summed E-state index contributed by atoms with van der Waals surface area (Å²) < 4.78 is 0. The maximum atomic E-state index is 10.3. The second-order valence-corrected chi connectivity index (χ2v) is 26.4. The maximum absolute atomic E-state index is 10.3. The number of rotatable bonds is 18. The van der Waals surface area contributed by atoms with Crippen LogP contribution in [0.4, 0.5) is 45.5 Å². The minimum atomic E-state index is -0.0776. The van der Waals surface area contributed by atoms with Gasteiger partial charge in [0.1, 0.15) is 27.8 Å². The lowest BCUT2D eigenvalue weighted by molar-refractivity contribution is -0.541. The number of azo groups is 1. The summed E-state index contributed by atoms with van der Waals surface area (Å²) in [5.41, 5.74) is 30.5. The van der Waals surface area contributed by atoms with Crippen molar-refractivity contribution in [1.29, 1.82) is 0 Å². The van der Waals surface area contributed by atoms with E-state index in [1.165, 1.54) is 11.1 Å². The molecule has 0 atom stereocenters. The highest BCUT2D eigenvalue weighted by Crippen LogP contribution is 2.50. The Hall–Kier alpha value is -10.0. The third-order valence-electron chi connectivity index (χ3n) is 16.5. The molecule has 446 valence electrons. The van der Waals surface area contributed by atoms with E-state index in [1.54, 1.807) is 0 Å². The highest BCUT2D eigenvalue weighted by atomic mass is 15.5. The van der Waals surface area contributed by atoms with Crippen LogP contribution in [-0.2, 0) is 23.9 Å². The highest BCUT2D eigenvalue weighted by Gasteiger charge is 2.26. The summed E-state index contributed by atoms with van der Waals surface area (Å²) in [5, 5.41) is 29.8. The third kappa shape index (κ3) is 13.0. The van der Waals surface area contributed by atoms with Crippen molar-refractivity contribution in [2.24, 2.45) is 10.5 Å². The molecule has 0 aliphatic rings. The number of fused-ring (bicyclic) bond motifs is 2. The van der Waals surface area contributed by atoms with Gasteiger partial charge in [0.15, 0.2) is 6.54 Å². The smallest absolute Gasteiger partial charge is 0.170 e. The molecule has 0 aliphatic heterocycles. The van der Waals surface area contributed by atoms with Gasteiger partial charge in [-0.05, 0) is 147 Å². The van der Waals surface area contributed by atoms with E-state index in [9.17, 15) is 5.73 Å². The lowest BCUT2D eigenvalue weighted by Crippen LogP contribution is -2.69. The minimum absolute atomic E-state index is 0.0484. The first-order valence-electron chi connectivity index (χ1n) is 31.2. The van der Waals surface area contributed by atoms with Gasteiger partial charge in [-0.3, -0.25) is 0 Å². The Bertz CT molecular complexity index is 4210. The van der Waals surface area contributed by atoms with Crippen LogP contribution in [-0.4, -0.2) is 36.5 Å². The van der Waals surface area contributed by atoms with Crippen molar-refractivity contribution in [1.82, 2.24) is 30.0 Å². The van der Waals surface area contributed by atoms with Gasteiger partial charge in [0, 0.05) is 56.2 Å². The summed E-state index contributed by atoms with van der Waals surface area (Å²) in [6.45, 7) is 21.9. The Morgan fingerprint density at radius 1 is 0.371 bits per heavy atom. The Labute approximate surface area is 524 Å². The first-order valence-corrected chi connectivity index (χ1v) is 31.2. The Morgan fingerprint density at radius 3 is 1.06 bits per heavy atom. The number of nitrogens with zero attached hydrogens (tertiary/aromatic N) is 9. The molecule has 12 aromatic rings. The third-order valence-corrected chi connectivity index (χ3v) is 16.5. The lowest BCUT2D eigenvalue weighted by Gasteiger charge is -2.26. The van der Waals surface area contributed by atoms with Crippen LogP contribution in [0.15, 0.2) is 236 Å². The molecule has 12 rings (SSSR count). The fourth-order valence-electron chi connectivity index (χ4n) is 11.6. The second kappa shape index (κ2) is 25.0. The van der Waals surface area contributed by atoms with Gasteiger partial charge in [0.05, 0.1) is 13.1 Å². The number of para-hydroxylation sites is 4. The van der Waals surface area contributed by atoms with E-state index in [2.05, 4.69) is 283 Å². The van der Waals surface area contributed by atoms with Crippen LogP contribution >= 0.6 is 0 Å². The van der Waals surface area contributed by atoms with Gasteiger partial charge in [0.25, 0.3) is 0 Å². The van der Waals surface area contributed by atoms with Gasteiger partial charge in [-0.25, -0.2) is 0 Å². The summed E-state index contributed by atoms with van der Waals surface area (Å²) in [5.74, 6) is 0. The number of hydrogen-bond donors (Lipinski definition) is 1. The molecule has 0 bridgehead atoms. The van der Waals surface area contributed by atoms with Crippen molar-refractivity contribution in [2.45, 2.75) is 105 Å². The number of unbranched alkanes of at least 4 members (excludes halogenated alkanes) is 2. The summed E-state index contributed by atoms with van der Waals surface area (Å²) in [7, 11) is 0. The molecule has 0 unspecified atom stereocenters. The summed E-state index contributed by atoms with van der Waals surface area (Å²) in [6.07, 6.45) is 2.56. The molecule has 0 fully saturated rings.